The number of benzene rings is 1. The van der Waals surface area contributed by atoms with Crippen molar-refractivity contribution in [3.8, 4) is 6.07 Å². The first-order valence-corrected chi connectivity index (χ1v) is 12.3. The standard InChI is InChI=1S/C23H24Cl2N6O3/c24-15-4-5-16(25)18-17(15)29-20(30-18)23(34)31-10-12-2-1-3-14(12)19(31)22(33)28-13(9-26)8-11-6-7-27-21(11)32/h4-5,11-14,19H,1-3,6-8,10H2,(H,27,32)(H,28,33)(H,29,30). The van der Waals surface area contributed by atoms with E-state index in [0.717, 1.165) is 19.3 Å². The van der Waals surface area contributed by atoms with E-state index in [1.165, 1.54) is 0 Å². The summed E-state index contributed by atoms with van der Waals surface area (Å²) < 4.78 is 0. The number of aromatic amines is 1. The van der Waals surface area contributed by atoms with Gasteiger partial charge in [-0.3, -0.25) is 14.4 Å². The molecule has 1 aromatic heterocycles. The first-order chi connectivity index (χ1) is 16.4. The summed E-state index contributed by atoms with van der Waals surface area (Å²) in [7, 11) is 0. The highest BCUT2D eigenvalue weighted by atomic mass is 35.5. The van der Waals surface area contributed by atoms with E-state index >= 15 is 0 Å². The fraction of sp³-hybridized carbons (Fsp3) is 0.522. The predicted molar refractivity (Wildman–Crippen MR) is 125 cm³/mol. The van der Waals surface area contributed by atoms with Crippen LogP contribution in [-0.2, 0) is 9.59 Å². The topological polar surface area (TPSA) is 131 Å². The Kier molecular flexibility index (Phi) is 6.13. The number of rotatable bonds is 5. The molecule has 0 spiro atoms. The summed E-state index contributed by atoms with van der Waals surface area (Å²) in [6, 6.07) is 3.84. The molecule has 5 rings (SSSR count). The lowest BCUT2D eigenvalue weighted by atomic mass is 9.92. The zero-order valence-electron chi connectivity index (χ0n) is 18.3. The van der Waals surface area contributed by atoms with E-state index < -0.39 is 18.0 Å². The van der Waals surface area contributed by atoms with Crippen molar-refractivity contribution >= 4 is 52.0 Å². The van der Waals surface area contributed by atoms with E-state index in [1.807, 2.05) is 0 Å². The minimum absolute atomic E-state index is 0.0228. The maximum Gasteiger partial charge on any atom is 0.290 e. The van der Waals surface area contributed by atoms with Gasteiger partial charge in [-0.1, -0.05) is 29.6 Å². The number of aromatic nitrogens is 2. The molecule has 3 amide bonds. The fourth-order valence-corrected chi connectivity index (χ4v) is 6.07. The molecule has 34 heavy (non-hydrogen) atoms. The molecule has 5 unspecified atom stereocenters. The Morgan fingerprint density at radius 2 is 2.06 bits per heavy atom. The summed E-state index contributed by atoms with van der Waals surface area (Å²) >= 11 is 12.5. The van der Waals surface area contributed by atoms with Gasteiger partial charge in [-0.2, -0.15) is 5.26 Å². The van der Waals surface area contributed by atoms with E-state index in [9.17, 15) is 19.6 Å². The molecule has 9 nitrogen and oxygen atoms in total. The molecule has 2 aliphatic heterocycles. The maximum atomic E-state index is 13.5. The molecule has 2 aromatic rings. The lowest BCUT2D eigenvalue weighted by Crippen LogP contribution is -2.51. The van der Waals surface area contributed by atoms with Crippen LogP contribution in [0.3, 0.4) is 0 Å². The lowest BCUT2D eigenvalue weighted by Gasteiger charge is -2.27. The molecule has 1 saturated carbocycles. The summed E-state index contributed by atoms with van der Waals surface area (Å²) in [6.07, 6.45) is 3.68. The summed E-state index contributed by atoms with van der Waals surface area (Å²) in [4.78, 5) is 47.7. The number of nitriles is 1. The number of amides is 3. The first-order valence-electron chi connectivity index (χ1n) is 11.5. The largest absolute Gasteiger partial charge is 0.356 e. The van der Waals surface area contributed by atoms with Crippen molar-refractivity contribution < 1.29 is 14.4 Å². The van der Waals surface area contributed by atoms with Crippen LogP contribution in [0, 0.1) is 29.1 Å². The molecule has 3 N–H and O–H groups in total. The Morgan fingerprint density at radius 1 is 1.26 bits per heavy atom. The molecule has 3 aliphatic rings. The monoisotopic (exact) mass is 502 g/mol. The van der Waals surface area contributed by atoms with Gasteiger partial charge in [0, 0.05) is 19.0 Å². The van der Waals surface area contributed by atoms with Gasteiger partial charge in [-0.25, -0.2) is 4.98 Å². The fourth-order valence-electron chi connectivity index (χ4n) is 5.67. The second-order valence-corrected chi connectivity index (χ2v) is 10.1. The van der Waals surface area contributed by atoms with Crippen LogP contribution in [0.5, 0.6) is 0 Å². The second kappa shape index (κ2) is 9.08. The van der Waals surface area contributed by atoms with Gasteiger partial charge in [0.15, 0.2) is 5.82 Å². The highest BCUT2D eigenvalue weighted by Crippen LogP contribution is 2.43. The van der Waals surface area contributed by atoms with E-state index in [0.29, 0.717) is 40.6 Å². The normalized spacial score (nSPS) is 26.9. The van der Waals surface area contributed by atoms with Crippen molar-refractivity contribution in [1.29, 1.82) is 5.26 Å². The van der Waals surface area contributed by atoms with Gasteiger partial charge in [-0.15, -0.1) is 0 Å². The average Bonchev–Trinajstić information content (AvgIpc) is 3.59. The molecular weight excluding hydrogens is 479 g/mol. The van der Waals surface area contributed by atoms with E-state index in [4.69, 9.17) is 23.2 Å². The van der Waals surface area contributed by atoms with Gasteiger partial charge in [0.1, 0.15) is 17.6 Å². The third-order valence-corrected chi connectivity index (χ3v) is 7.94. The number of nitrogens with one attached hydrogen (secondary N) is 3. The third kappa shape index (κ3) is 3.99. The van der Waals surface area contributed by atoms with E-state index in [1.54, 1.807) is 17.0 Å². The summed E-state index contributed by atoms with van der Waals surface area (Å²) in [5, 5.41) is 15.9. The number of carbonyl (C=O) groups is 3. The molecule has 0 radical (unpaired) electrons. The Hall–Kier alpha value is -2.83. The minimum Gasteiger partial charge on any atom is -0.356 e. The number of fused-ring (bicyclic) bond motifs is 2. The molecule has 2 saturated heterocycles. The highest BCUT2D eigenvalue weighted by Gasteiger charge is 2.50. The van der Waals surface area contributed by atoms with Crippen molar-refractivity contribution in [2.45, 2.75) is 44.2 Å². The number of likely N-dealkylation sites (tertiary alicyclic amines) is 1. The number of nitrogens with zero attached hydrogens (tertiary/aromatic N) is 3. The smallest absolute Gasteiger partial charge is 0.290 e. The van der Waals surface area contributed by atoms with Crippen molar-refractivity contribution in [1.82, 2.24) is 25.5 Å². The Bertz CT molecular complexity index is 1170. The van der Waals surface area contributed by atoms with Crippen LogP contribution in [0.15, 0.2) is 12.1 Å². The third-order valence-electron chi connectivity index (χ3n) is 7.32. The van der Waals surface area contributed by atoms with Gasteiger partial charge in [0.2, 0.25) is 11.8 Å². The molecule has 0 bridgehead atoms. The minimum atomic E-state index is -0.803. The van der Waals surface area contributed by atoms with Crippen LogP contribution >= 0.6 is 23.2 Å². The molecule has 178 valence electrons. The SMILES string of the molecule is N#CC(CC1CCNC1=O)NC(=O)C1C2CCCC2CN1C(=O)c1nc2c(Cl)ccc(Cl)c2[nH]1. The Labute approximate surface area is 206 Å². The van der Waals surface area contributed by atoms with Crippen molar-refractivity contribution in [3.63, 3.8) is 0 Å². The lowest BCUT2D eigenvalue weighted by molar-refractivity contribution is -0.127. The van der Waals surface area contributed by atoms with Crippen LogP contribution in [0.2, 0.25) is 10.0 Å². The molecule has 3 heterocycles. The van der Waals surface area contributed by atoms with E-state index in [-0.39, 0.29) is 41.8 Å². The van der Waals surface area contributed by atoms with Crippen molar-refractivity contribution in [3.05, 3.63) is 28.0 Å². The molecular formula is C23H24Cl2N6O3. The zero-order chi connectivity index (χ0) is 24.0. The number of imidazole rings is 1. The number of hydrogen-bond acceptors (Lipinski definition) is 5. The van der Waals surface area contributed by atoms with E-state index in [2.05, 4.69) is 26.7 Å². The molecule has 1 aromatic carbocycles. The second-order valence-electron chi connectivity index (χ2n) is 9.30. The number of halogens is 2. The van der Waals surface area contributed by atoms with Crippen LogP contribution in [0.25, 0.3) is 11.0 Å². The average molecular weight is 503 g/mol. The summed E-state index contributed by atoms with van der Waals surface area (Å²) in [5.41, 5.74) is 0.870. The van der Waals surface area contributed by atoms with Gasteiger partial charge in [-0.05, 0) is 49.7 Å². The quantitative estimate of drug-likeness (QED) is 0.578. The van der Waals surface area contributed by atoms with Crippen LogP contribution in [0.1, 0.15) is 42.7 Å². The molecule has 3 fully saturated rings. The van der Waals surface area contributed by atoms with Crippen LogP contribution in [0.4, 0.5) is 0 Å². The van der Waals surface area contributed by atoms with Gasteiger partial charge in [0.05, 0.1) is 21.6 Å². The van der Waals surface area contributed by atoms with Gasteiger partial charge in [0.25, 0.3) is 5.91 Å². The summed E-state index contributed by atoms with van der Waals surface area (Å²) in [5.74, 6) is -0.837. The molecule has 11 heteroatoms. The maximum absolute atomic E-state index is 13.5. The Morgan fingerprint density at radius 3 is 2.76 bits per heavy atom. The van der Waals surface area contributed by atoms with Crippen LogP contribution < -0.4 is 10.6 Å². The molecule has 5 atom stereocenters. The number of carbonyl (C=O) groups excluding carboxylic acids is 3. The van der Waals surface area contributed by atoms with Crippen molar-refractivity contribution in [2.75, 3.05) is 13.1 Å². The summed E-state index contributed by atoms with van der Waals surface area (Å²) in [6.45, 7) is 1.03. The first kappa shape index (κ1) is 22.9. The zero-order valence-corrected chi connectivity index (χ0v) is 19.8. The molecule has 1 aliphatic carbocycles. The highest BCUT2D eigenvalue weighted by molar-refractivity contribution is 6.39. The number of hydrogen-bond donors (Lipinski definition) is 3. The van der Waals surface area contributed by atoms with Gasteiger partial charge >= 0.3 is 0 Å². The Balaban J connectivity index is 1.38. The van der Waals surface area contributed by atoms with Crippen molar-refractivity contribution in [2.24, 2.45) is 17.8 Å². The number of H-pyrrole nitrogens is 1. The van der Waals surface area contributed by atoms with Crippen LogP contribution in [-0.4, -0.2) is 57.8 Å². The predicted octanol–water partition coefficient (Wildman–Crippen LogP) is 2.64. The van der Waals surface area contributed by atoms with Gasteiger partial charge < -0.3 is 20.5 Å².